The van der Waals surface area contributed by atoms with Crippen LogP contribution in [0, 0.1) is 13.8 Å². The van der Waals surface area contributed by atoms with Crippen LogP contribution >= 0.6 is 11.3 Å². The number of nitrogens with one attached hydrogen (secondary N) is 1. The number of H-pyrrole nitrogens is 1. The number of carbonyl (C=O) groups is 1. The highest BCUT2D eigenvalue weighted by Gasteiger charge is 2.30. The predicted molar refractivity (Wildman–Crippen MR) is 94.6 cm³/mol. The quantitative estimate of drug-likeness (QED) is 0.753. The Hall–Kier alpha value is -2.52. The lowest BCUT2D eigenvalue weighted by molar-refractivity contribution is -0.139. The maximum atomic E-state index is 12.7. The van der Waals surface area contributed by atoms with Gasteiger partial charge in [0.2, 0.25) is 11.7 Å². The van der Waals surface area contributed by atoms with E-state index in [9.17, 15) is 4.79 Å². The summed E-state index contributed by atoms with van der Waals surface area (Å²) in [7, 11) is 0. The summed E-state index contributed by atoms with van der Waals surface area (Å²) in [5.74, 6) is 0.997. The van der Waals surface area contributed by atoms with Crippen LogP contribution in [0.25, 0.3) is 10.7 Å². The number of rotatable bonds is 4. The molecular weight excluding hydrogens is 354 g/mol. The second kappa shape index (κ2) is 7.00. The van der Waals surface area contributed by atoms with Gasteiger partial charge in [0.25, 0.3) is 5.89 Å². The third-order valence-electron chi connectivity index (χ3n) is 4.49. The summed E-state index contributed by atoms with van der Waals surface area (Å²) < 4.78 is 11.1. The molecule has 0 saturated carbocycles. The third-order valence-corrected chi connectivity index (χ3v) is 5.35. The van der Waals surface area contributed by atoms with E-state index in [0.717, 1.165) is 21.8 Å². The van der Waals surface area contributed by atoms with Crippen LogP contribution in [0.1, 0.15) is 28.9 Å². The molecular formula is C17H19N5O3S. The second-order valence-corrected chi connectivity index (χ2v) is 7.17. The zero-order chi connectivity index (χ0) is 18.1. The van der Waals surface area contributed by atoms with E-state index in [4.69, 9.17) is 9.26 Å². The molecule has 1 atom stereocenters. The van der Waals surface area contributed by atoms with Crippen LogP contribution in [0.2, 0.25) is 0 Å². The summed E-state index contributed by atoms with van der Waals surface area (Å²) in [4.78, 5) is 19.9. The highest BCUT2D eigenvalue weighted by Crippen LogP contribution is 2.26. The zero-order valence-electron chi connectivity index (χ0n) is 14.6. The van der Waals surface area contributed by atoms with Crippen molar-refractivity contribution in [1.82, 2.24) is 25.2 Å². The fourth-order valence-electron chi connectivity index (χ4n) is 2.99. The summed E-state index contributed by atoms with van der Waals surface area (Å²) in [5.41, 5.74) is 2.74. The molecule has 0 bridgehead atoms. The lowest BCUT2D eigenvalue weighted by atomic mass is 10.1. The van der Waals surface area contributed by atoms with Crippen molar-refractivity contribution in [3.8, 4) is 10.7 Å². The van der Waals surface area contributed by atoms with E-state index in [0.29, 0.717) is 37.8 Å². The number of amides is 1. The van der Waals surface area contributed by atoms with Crippen molar-refractivity contribution >= 4 is 17.2 Å². The van der Waals surface area contributed by atoms with Gasteiger partial charge in [0.05, 0.1) is 30.1 Å². The molecule has 3 aromatic rings. The SMILES string of the molecule is Cc1n[nH]c(C)c1CC(=O)N1CCO[C@H](c2nc(-c3cccs3)no2)C1. The first-order valence-electron chi connectivity index (χ1n) is 8.39. The Morgan fingerprint density at radius 1 is 1.46 bits per heavy atom. The Balaban J connectivity index is 1.45. The number of hydrogen-bond acceptors (Lipinski definition) is 7. The molecule has 0 spiro atoms. The minimum atomic E-state index is -0.402. The minimum Gasteiger partial charge on any atom is -0.365 e. The van der Waals surface area contributed by atoms with Gasteiger partial charge in [-0.1, -0.05) is 11.2 Å². The number of aromatic nitrogens is 4. The van der Waals surface area contributed by atoms with Gasteiger partial charge in [-0.2, -0.15) is 10.1 Å². The van der Waals surface area contributed by atoms with Crippen LogP contribution in [0.15, 0.2) is 22.0 Å². The topological polar surface area (TPSA) is 97.1 Å². The van der Waals surface area contributed by atoms with E-state index >= 15 is 0 Å². The van der Waals surface area contributed by atoms with E-state index in [-0.39, 0.29) is 5.91 Å². The summed E-state index contributed by atoms with van der Waals surface area (Å²) in [5, 5.41) is 13.0. The maximum absolute atomic E-state index is 12.7. The molecule has 1 fully saturated rings. The Morgan fingerprint density at radius 3 is 3.08 bits per heavy atom. The highest BCUT2D eigenvalue weighted by atomic mass is 32.1. The van der Waals surface area contributed by atoms with E-state index in [2.05, 4.69) is 20.3 Å². The molecule has 9 heteroatoms. The number of morpholine rings is 1. The first-order valence-corrected chi connectivity index (χ1v) is 9.27. The molecule has 1 N–H and O–H groups in total. The molecule has 26 heavy (non-hydrogen) atoms. The molecule has 4 heterocycles. The molecule has 1 amide bonds. The Bertz CT molecular complexity index is 882. The van der Waals surface area contributed by atoms with Gasteiger partial charge in [-0.25, -0.2) is 0 Å². The van der Waals surface area contributed by atoms with Gasteiger partial charge >= 0.3 is 0 Å². The zero-order valence-corrected chi connectivity index (χ0v) is 15.4. The van der Waals surface area contributed by atoms with E-state index in [1.165, 1.54) is 0 Å². The monoisotopic (exact) mass is 373 g/mol. The average molecular weight is 373 g/mol. The summed E-state index contributed by atoms with van der Waals surface area (Å²) in [6.07, 6.45) is -0.0778. The molecule has 1 saturated heterocycles. The molecule has 0 unspecified atom stereocenters. The lowest BCUT2D eigenvalue weighted by Crippen LogP contribution is -2.43. The van der Waals surface area contributed by atoms with Crippen LogP contribution in [-0.2, 0) is 16.0 Å². The minimum absolute atomic E-state index is 0.0453. The van der Waals surface area contributed by atoms with Crippen LogP contribution in [0.5, 0.6) is 0 Å². The van der Waals surface area contributed by atoms with Crippen molar-refractivity contribution in [3.63, 3.8) is 0 Å². The van der Waals surface area contributed by atoms with Crippen LogP contribution in [0.4, 0.5) is 0 Å². The smallest absolute Gasteiger partial charge is 0.257 e. The molecule has 0 aliphatic carbocycles. The normalized spacial score (nSPS) is 17.6. The number of aryl methyl sites for hydroxylation is 2. The first kappa shape index (κ1) is 16.9. The first-order chi connectivity index (χ1) is 12.6. The van der Waals surface area contributed by atoms with Gasteiger partial charge in [-0.3, -0.25) is 9.89 Å². The Morgan fingerprint density at radius 2 is 2.35 bits per heavy atom. The number of carbonyl (C=O) groups excluding carboxylic acids is 1. The number of ether oxygens (including phenoxy) is 1. The number of hydrogen-bond donors (Lipinski definition) is 1. The summed E-state index contributed by atoms with van der Waals surface area (Å²) >= 11 is 1.55. The van der Waals surface area contributed by atoms with Crippen molar-refractivity contribution in [2.45, 2.75) is 26.4 Å². The lowest BCUT2D eigenvalue weighted by Gasteiger charge is -2.31. The number of thiophene rings is 1. The molecule has 136 valence electrons. The van der Waals surface area contributed by atoms with Crippen LogP contribution < -0.4 is 0 Å². The third kappa shape index (κ3) is 3.27. The average Bonchev–Trinajstić information content (AvgIpc) is 3.39. The van der Waals surface area contributed by atoms with Crippen molar-refractivity contribution in [1.29, 1.82) is 0 Å². The molecule has 8 nitrogen and oxygen atoms in total. The summed E-state index contributed by atoms with van der Waals surface area (Å²) in [6, 6.07) is 3.87. The standard InChI is InChI=1S/C17H19N5O3S/c1-10-12(11(2)20-19-10)8-15(23)22-5-6-24-13(9-22)17-18-16(21-25-17)14-4-3-7-26-14/h3-4,7,13H,5-6,8-9H2,1-2H3,(H,19,20)/t13-/m0/s1. The van der Waals surface area contributed by atoms with E-state index in [1.807, 2.05) is 31.4 Å². The molecule has 0 aromatic carbocycles. The molecule has 1 aliphatic heterocycles. The predicted octanol–water partition coefficient (Wildman–Crippen LogP) is 2.28. The van der Waals surface area contributed by atoms with Gasteiger partial charge in [0.1, 0.15) is 0 Å². The number of nitrogens with zero attached hydrogens (tertiary/aromatic N) is 4. The van der Waals surface area contributed by atoms with E-state index < -0.39 is 6.10 Å². The fourth-order valence-corrected chi connectivity index (χ4v) is 3.64. The summed E-state index contributed by atoms with van der Waals surface area (Å²) in [6.45, 7) is 5.22. The van der Waals surface area contributed by atoms with E-state index in [1.54, 1.807) is 16.2 Å². The fraction of sp³-hybridized carbons (Fsp3) is 0.412. The molecule has 4 rings (SSSR count). The van der Waals surface area contributed by atoms with Gasteiger partial charge in [0.15, 0.2) is 6.10 Å². The largest absolute Gasteiger partial charge is 0.365 e. The molecule has 3 aromatic heterocycles. The Labute approximate surface area is 154 Å². The van der Waals surface area contributed by atoms with Gasteiger partial charge in [-0.05, 0) is 25.3 Å². The van der Waals surface area contributed by atoms with Gasteiger partial charge < -0.3 is 14.2 Å². The molecule has 0 radical (unpaired) electrons. The van der Waals surface area contributed by atoms with Crippen LogP contribution in [-0.4, -0.2) is 50.8 Å². The van der Waals surface area contributed by atoms with Gasteiger partial charge in [0, 0.05) is 17.8 Å². The Kier molecular flexibility index (Phi) is 4.56. The maximum Gasteiger partial charge on any atom is 0.257 e. The molecule has 1 aliphatic rings. The highest BCUT2D eigenvalue weighted by molar-refractivity contribution is 7.13. The van der Waals surface area contributed by atoms with Crippen LogP contribution in [0.3, 0.4) is 0 Å². The van der Waals surface area contributed by atoms with Gasteiger partial charge in [-0.15, -0.1) is 11.3 Å². The number of aromatic amines is 1. The van der Waals surface area contributed by atoms with Crippen molar-refractivity contribution in [2.75, 3.05) is 19.7 Å². The second-order valence-electron chi connectivity index (χ2n) is 6.22. The van der Waals surface area contributed by atoms with Crippen molar-refractivity contribution < 1.29 is 14.1 Å². The van der Waals surface area contributed by atoms with Crippen molar-refractivity contribution in [2.24, 2.45) is 0 Å². The van der Waals surface area contributed by atoms with Crippen molar-refractivity contribution in [3.05, 3.63) is 40.4 Å².